The molecule has 0 amide bonds. The zero-order valence-corrected chi connectivity index (χ0v) is 44.1. The molecule has 13 aromatic rings. The third kappa shape index (κ3) is 6.53. The maximum Gasteiger partial charge on any atom is 0.0634 e. The number of hydrogen-bond acceptors (Lipinski definition) is 0. The van der Waals surface area contributed by atoms with Crippen LogP contribution in [-0.2, 0) is 21.7 Å². The van der Waals surface area contributed by atoms with Gasteiger partial charge in [-0.3, -0.25) is 0 Å². The number of nitrogens with zero attached hydrogens (tertiary/aromatic N) is 2. The van der Waals surface area contributed by atoms with E-state index in [0.717, 1.165) is 0 Å². The zero-order valence-electron chi connectivity index (χ0n) is 44.1. The average molecular weight is 933 g/mol. The predicted molar refractivity (Wildman–Crippen MR) is 312 cm³/mol. The summed E-state index contributed by atoms with van der Waals surface area (Å²) in [4.78, 5) is 0. The molecular formula is C70H64N2. The summed E-state index contributed by atoms with van der Waals surface area (Å²) in [6, 6.07) is 65.5. The lowest BCUT2D eigenvalue weighted by Gasteiger charge is -2.26. The van der Waals surface area contributed by atoms with Gasteiger partial charge in [0.1, 0.15) is 0 Å². The third-order valence-electron chi connectivity index (χ3n) is 16.2. The molecule has 0 spiro atoms. The van der Waals surface area contributed by atoms with Gasteiger partial charge in [0.15, 0.2) is 0 Å². The molecule has 0 aliphatic carbocycles. The summed E-state index contributed by atoms with van der Waals surface area (Å²) >= 11 is 0. The van der Waals surface area contributed by atoms with Gasteiger partial charge < -0.3 is 8.80 Å². The van der Waals surface area contributed by atoms with Gasteiger partial charge in [-0.2, -0.15) is 0 Å². The van der Waals surface area contributed by atoms with Crippen molar-refractivity contribution in [1.29, 1.82) is 0 Å². The molecule has 0 atom stereocenters. The molecule has 4 aromatic heterocycles. The largest absolute Gasteiger partial charge is 0.308 e. The van der Waals surface area contributed by atoms with Crippen molar-refractivity contribution in [2.45, 2.75) is 105 Å². The van der Waals surface area contributed by atoms with Crippen LogP contribution < -0.4 is 0 Å². The fourth-order valence-electron chi connectivity index (χ4n) is 12.2. The summed E-state index contributed by atoms with van der Waals surface area (Å²) < 4.78 is 5.20. The highest BCUT2D eigenvalue weighted by atomic mass is 14.9. The number of hydrogen-bond donors (Lipinski definition) is 0. The highest BCUT2D eigenvalue weighted by Gasteiger charge is 2.30. The number of fused-ring (bicyclic) bond motifs is 14. The minimum Gasteiger partial charge on any atom is -0.308 e. The minimum absolute atomic E-state index is 0.0190. The number of para-hydroxylation sites is 2. The summed E-state index contributed by atoms with van der Waals surface area (Å²) in [6.07, 6.45) is 0. The number of aromatic nitrogens is 2. The van der Waals surface area contributed by atoms with E-state index in [0.29, 0.717) is 0 Å². The fraction of sp³-hybridized carbons (Fsp3) is 0.229. The Hall–Kier alpha value is -7.42. The first-order valence-electron chi connectivity index (χ1n) is 26.1. The van der Waals surface area contributed by atoms with Crippen LogP contribution in [0.2, 0.25) is 0 Å². The molecule has 9 aromatic carbocycles. The van der Waals surface area contributed by atoms with Crippen molar-refractivity contribution in [3.05, 3.63) is 192 Å². The average Bonchev–Trinajstić information content (AvgIpc) is 4.08. The third-order valence-corrected chi connectivity index (χ3v) is 16.2. The fourth-order valence-corrected chi connectivity index (χ4v) is 12.2. The predicted octanol–water partition coefficient (Wildman–Crippen LogP) is 19.8. The van der Waals surface area contributed by atoms with Crippen molar-refractivity contribution in [2.24, 2.45) is 0 Å². The topological polar surface area (TPSA) is 8.82 Å². The van der Waals surface area contributed by atoms with Crippen LogP contribution in [0.15, 0.2) is 170 Å². The monoisotopic (exact) mass is 933 g/mol. The Morgan fingerprint density at radius 1 is 0.250 bits per heavy atom. The standard InChI is InChI=1S/C70H64N2/c1-67(2,3)45-33-43(34-46(39-45)68(4,5)6)51-23-15-13-21-49(51)41-29-31-55-59(37-41)71-57-27-19-17-25-53(57)62-64-56-32-30-42(38-60(56)72-58-28-20-18-26-54(58)61(66(64)72)63(55)65(62)71)50-22-14-16-24-52(50)44-35-47(69(7,8)9)40-48(36-44)70(10,11)12/h13-40H,1-12H3. The molecule has 2 heteroatoms. The van der Waals surface area contributed by atoms with Crippen molar-refractivity contribution in [3.63, 3.8) is 0 Å². The molecule has 0 radical (unpaired) electrons. The maximum absolute atomic E-state index is 2.60. The van der Waals surface area contributed by atoms with E-state index in [4.69, 9.17) is 0 Å². The van der Waals surface area contributed by atoms with Crippen LogP contribution in [0.4, 0.5) is 0 Å². The lowest BCUT2D eigenvalue weighted by Crippen LogP contribution is -2.16. The van der Waals surface area contributed by atoms with Crippen LogP contribution in [0.25, 0.3) is 121 Å². The highest BCUT2D eigenvalue weighted by molar-refractivity contribution is 6.45. The zero-order chi connectivity index (χ0) is 50.0. The van der Waals surface area contributed by atoms with Gasteiger partial charge in [-0.15, -0.1) is 0 Å². The minimum atomic E-state index is 0.0190. The second-order valence-electron chi connectivity index (χ2n) is 25.1. The molecule has 4 heterocycles. The van der Waals surface area contributed by atoms with Crippen molar-refractivity contribution in [2.75, 3.05) is 0 Å². The first-order valence-corrected chi connectivity index (χ1v) is 26.1. The van der Waals surface area contributed by atoms with Crippen molar-refractivity contribution >= 4 is 76.2 Å². The van der Waals surface area contributed by atoms with Gasteiger partial charge >= 0.3 is 0 Å². The summed E-state index contributed by atoms with van der Waals surface area (Å²) in [5.41, 5.74) is 23.2. The molecular weight excluding hydrogens is 869 g/mol. The maximum atomic E-state index is 2.60. The van der Waals surface area contributed by atoms with E-state index in [-0.39, 0.29) is 21.7 Å². The van der Waals surface area contributed by atoms with E-state index in [9.17, 15) is 0 Å². The lowest BCUT2D eigenvalue weighted by molar-refractivity contribution is 0.568. The smallest absolute Gasteiger partial charge is 0.0634 e. The molecule has 72 heavy (non-hydrogen) atoms. The molecule has 2 nitrogen and oxygen atoms in total. The van der Waals surface area contributed by atoms with Crippen molar-refractivity contribution in [1.82, 2.24) is 8.80 Å². The Balaban J connectivity index is 1.08. The van der Waals surface area contributed by atoms with Crippen molar-refractivity contribution < 1.29 is 0 Å². The summed E-state index contributed by atoms with van der Waals surface area (Å²) in [7, 11) is 0. The Kier molecular flexibility index (Phi) is 9.31. The molecule has 0 fully saturated rings. The Bertz CT molecular complexity index is 4000. The molecule has 13 rings (SSSR count). The van der Waals surface area contributed by atoms with Gasteiger partial charge in [0.25, 0.3) is 0 Å². The van der Waals surface area contributed by atoms with E-state index < -0.39 is 0 Å². The lowest BCUT2D eigenvalue weighted by atomic mass is 9.78. The van der Waals surface area contributed by atoms with E-state index in [1.807, 2.05) is 0 Å². The van der Waals surface area contributed by atoms with Gasteiger partial charge in [0.05, 0.1) is 33.1 Å². The first-order chi connectivity index (χ1) is 34.3. The SMILES string of the molecule is CC(C)(C)c1cc(-c2ccccc2-c2ccc3c4c5c6ccccc6n6c7cc(-c8ccccc8-c8cc(C(C)(C)C)cc(C(C)(C)C)c8)ccc7c(c7c8ccccc8n(c3c2)c74)c56)cc(C(C)(C)C)c1. The Labute approximate surface area is 424 Å². The van der Waals surface area contributed by atoms with Gasteiger partial charge in [0, 0.05) is 43.1 Å². The quantitative estimate of drug-likeness (QED) is 0.166. The Morgan fingerprint density at radius 2 is 0.528 bits per heavy atom. The van der Waals surface area contributed by atoms with Crippen molar-refractivity contribution in [3.8, 4) is 44.5 Å². The van der Waals surface area contributed by atoms with Crippen LogP contribution >= 0.6 is 0 Å². The van der Waals surface area contributed by atoms with Crippen LogP contribution in [0.1, 0.15) is 105 Å². The van der Waals surface area contributed by atoms with E-state index >= 15 is 0 Å². The summed E-state index contributed by atoms with van der Waals surface area (Å²) in [5, 5.41) is 10.5. The molecule has 354 valence electrons. The van der Waals surface area contributed by atoms with E-state index in [1.54, 1.807) is 0 Å². The summed E-state index contributed by atoms with van der Waals surface area (Å²) in [5.74, 6) is 0. The second kappa shape index (κ2) is 15.1. The summed E-state index contributed by atoms with van der Waals surface area (Å²) in [6.45, 7) is 27.9. The van der Waals surface area contributed by atoms with E-state index in [2.05, 4.69) is 262 Å². The number of rotatable bonds is 4. The molecule has 0 aliphatic heterocycles. The van der Waals surface area contributed by atoms with Gasteiger partial charge in [-0.25, -0.2) is 0 Å². The molecule has 0 saturated carbocycles. The van der Waals surface area contributed by atoms with E-state index in [1.165, 1.54) is 143 Å². The van der Waals surface area contributed by atoms with Crippen LogP contribution in [0.3, 0.4) is 0 Å². The molecule has 0 bridgehead atoms. The Morgan fingerprint density at radius 3 is 0.847 bits per heavy atom. The van der Waals surface area contributed by atoms with Gasteiger partial charge in [-0.05, 0) is 113 Å². The first kappa shape index (κ1) is 44.5. The highest BCUT2D eigenvalue weighted by Crippen LogP contribution is 2.53. The normalized spacial score (nSPS) is 13.3. The second-order valence-corrected chi connectivity index (χ2v) is 25.1. The molecule has 0 saturated heterocycles. The van der Waals surface area contributed by atoms with Crippen LogP contribution in [0.5, 0.6) is 0 Å². The van der Waals surface area contributed by atoms with Crippen LogP contribution in [-0.4, -0.2) is 8.80 Å². The molecule has 0 unspecified atom stereocenters. The van der Waals surface area contributed by atoms with Crippen LogP contribution in [0, 0.1) is 0 Å². The van der Waals surface area contributed by atoms with Gasteiger partial charge in [-0.1, -0.05) is 229 Å². The molecule has 0 N–H and O–H groups in total. The van der Waals surface area contributed by atoms with Gasteiger partial charge in [0.2, 0.25) is 0 Å². The molecule has 0 aliphatic rings. The number of benzene rings is 9.